The third-order valence-corrected chi connectivity index (χ3v) is 2.39. The van der Waals surface area contributed by atoms with Crippen LogP contribution < -0.4 is 0 Å². The summed E-state index contributed by atoms with van der Waals surface area (Å²) >= 11 is 1.71. The summed E-state index contributed by atoms with van der Waals surface area (Å²) in [6.07, 6.45) is 2.84. The summed E-state index contributed by atoms with van der Waals surface area (Å²) in [6, 6.07) is 0. The highest BCUT2D eigenvalue weighted by Gasteiger charge is 2.10. The van der Waals surface area contributed by atoms with Crippen molar-refractivity contribution < 1.29 is 4.42 Å². The molecule has 3 nitrogen and oxygen atoms in total. The fourth-order valence-electron chi connectivity index (χ4n) is 0.675. The molecule has 4 heteroatoms. The van der Waals surface area contributed by atoms with Gasteiger partial charge in [0.05, 0.1) is 5.25 Å². The first-order chi connectivity index (χ1) is 5.27. The molecule has 0 aliphatic heterocycles. The summed E-state index contributed by atoms with van der Waals surface area (Å²) in [5.74, 6) is 1.45. The second-order valence-corrected chi connectivity index (χ2v) is 3.44. The molecule has 1 unspecified atom stereocenters. The number of rotatable bonds is 3. The molecule has 0 aromatic carbocycles. The molecule has 1 aromatic rings. The smallest absolute Gasteiger partial charge is 0.229 e. The molecule has 0 aliphatic carbocycles. The van der Waals surface area contributed by atoms with Crippen LogP contribution in [0.4, 0.5) is 0 Å². The Morgan fingerprint density at radius 2 is 2.27 bits per heavy atom. The number of aromatic nitrogens is 2. The standard InChI is InChI=1S/C7H12N2OS/c1-4-6-8-9-7(10-6)5(2)11-3/h5H,4H2,1-3H3. The van der Waals surface area contributed by atoms with Gasteiger partial charge in [0.2, 0.25) is 11.8 Å². The van der Waals surface area contributed by atoms with E-state index in [2.05, 4.69) is 17.1 Å². The van der Waals surface area contributed by atoms with Crippen LogP contribution >= 0.6 is 11.8 Å². The Bertz CT molecular complexity index is 224. The summed E-state index contributed by atoms with van der Waals surface area (Å²) < 4.78 is 5.34. The lowest BCUT2D eigenvalue weighted by molar-refractivity contribution is 0.456. The van der Waals surface area contributed by atoms with Gasteiger partial charge in [-0.1, -0.05) is 6.92 Å². The predicted molar refractivity (Wildman–Crippen MR) is 45.6 cm³/mol. The third kappa shape index (κ3) is 1.96. The highest BCUT2D eigenvalue weighted by molar-refractivity contribution is 7.98. The van der Waals surface area contributed by atoms with Crippen LogP contribution in [-0.2, 0) is 6.42 Å². The van der Waals surface area contributed by atoms with Crippen LogP contribution in [0.5, 0.6) is 0 Å². The van der Waals surface area contributed by atoms with Crippen LogP contribution in [0.15, 0.2) is 4.42 Å². The van der Waals surface area contributed by atoms with Crippen molar-refractivity contribution in [3.8, 4) is 0 Å². The fraction of sp³-hybridized carbons (Fsp3) is 0.714. The molecule has 0 fully saturated rings. The Balaban J connectivity index is 2.71. The van der Waals surface area contributed by atoms with Gasteiger partial charge in [0, 0.05) is 6.42 Å². The van der Waals surface area contributed by atoms with Gasteiger partial charge in [0.25, 0.3) is 0 Å². The Kier molecular flexibility index (Phi) is 2.93. The van der Waals surface area contributed by atoms with Crippen molar-refractivity contribution in [1.82, 2.24) is 10.2 Å². The Labute approximate surface area is 70.6 Å². The highest BCUT2D eigenvalue weighted by Crippen LogP contribution is 2.23. The molecule has 1 aromatic heterocycles. The SMILES string of the molecule is CCc1nnc(C(C)SC)o1. The maximum absolute atomic E-state index is 5.34. The predicted octanol–water partition coefficient (Wildman–Crippen LogP) is 2.06. The first kappa shape index (κ1) is 8.59. The van der Waals surface area contributed by atoms with Crippen LogP contribution in [0.25, 0.3) is 0 Å². The number of hydrogen-bond donors (Lipinski definition) is 0. The van der Waals surface area contributed by atoms with Gasteiger partial charge in [-0.25, -0.2) is 0 Å². The molecule has 11 heavy (non-hydrogen) atoms. The Hall–Kier alpha value is -0.510. The average Bonchev–Trinajstić information content (AvgIpc) is 2.50. The van der Waals surface area contributed by atoms with Crippen LogP contribution in [-0.4, -0.2) is 16.5 Å². The van der Waals surface area contributed by atoms with E-state index in [4.69, 9.17) is 4.42 Å². The second-order valence-electron chi connectivity index (χ2n) is 2.27. The highest BCUT2D eigenvalue weighted by atomic mass is 32.2. The van der Waals surface area contributed by atoms with Crippen molar-refractivity contribution in [2.45, 2.75) is 25.5 Å². The van der Waals surface area contributed by atoms with Gasteiger partial charge >= 0.3 is 0 Å². The lowest BCUT2D eigenvalue weighted by Crippen LogP contribution is -1.86. The van der Waals surface area contributed by atoms with Crippen LogP contribution in [0, 0.1) is 0 Å². The minimum absolute atomic E-state index is 0.308. The normalized spacial score (nSPS) is 13.4. The first-order valence-corrected chi connectivity index (χ1v) is 4.91. The quantitative estimate of drug-likeness (QED) is 0.699. The number of nitrogens with zero attached hydrogens (tertiary/aromatic N) is 2. The molecule has 0 bridgehead atoms. The Morgan fingerprint density at radius 1 is 1.55 bits per heavy atom. The molecule has 0 spiro atoms. The van der Waals surface area contributed by atoms with E-state index in [1.807, 2.05) is 13.2 Å². The van der Waals surface area contributed by atoms with E-state index in [1.165, 1.54) is 0 Å². The lowest BCUT2D eigenvalue weighted by atomic mass is 10.5. The molecule has 1 rings (SSSR count). The van der Waals surface area contributed by atoms with E-state index in [1.54, 1.807) is 11.8 Å². The van der Waals surface area contributed by atoms with Crippen molar-refractivity contribution in [1.29, 1.82) is 0 Å². The summed E-state index contributed by atoms with van der Waals surface area (Å²) in [4.78, 5) is 0. The van der Waals surface area contributed by atoms with Gasteiger partial charge < -0.3 is 4.42 Å². The molecule has 62 valence electrons. The van der Waals surface area contributed by atoms with Gasteiger partial charge in [0.15, 0.2) is 0 Å². The largest absolute Gasteiger partial charge is 0.424 e. The molecule has 0 saturated heterocycles. The van der Waals surface area contributed by atoms with Gasteiger partial charge in [0.1, 0.15) is 0 Å². The van der Waals surface area contributed by atoms with Crippen molar-refractivity contribution in [3.63, 3.8) is 0 Å². The van der Waals surface area contributed by atoms with Gasteiger partial charge in [-0.15, -0.1) is 10.2 Å². The summed E-state index contributed by atoms with van der Waals surface area (Å²) in [5, 5.41) is 8.10. The number of aryl methyl sites for hydroxylation is 1. The molecule has 0 N–H and O–H groups in total. The summed E-state index contributed by atoms with van der Waals surface area (Å²) in [7, 11) is 0. The van der Waals surface area contributed by atoms with Crippen molar-refractivity contribution in [2.24, 2.45) is 0 Å². The number of hydrogen-bond acceptors (Lipinski definition) is 4. The molecule has 0 amide bonds. The third-order valence-electron chi connectivity index (χ3n) is 1.49. The van der Waals surface area contributed by atoms with Crippen LogP contribution in [0.1, 0.15) is 30.9 Å². The first-order valence-electron chi connectivity index (χ1n) is 3.63. The zero-order valence-corrected chi connectivity index (χ0v) is 7.81. The van der Waals surface area contributed by atoms with E-state index in [-0.39, 0.29) is 0 Å². The minimum Gasteiger partial charge on any atom is -0.424 e. The topological polar surface area (TPSA) is 38.9 Å². The molecular formula is C7H12N2OS. The van der Waals surface area contributed by atoms with Crippen LogP contribution in [0.3, 0.4) is 0 Å². The Morgan fingerprint density at radius 3 is 2.73 bits per heavy atom. The minimum atomic E-state index is 0.308. The van der Waals surface area contributed by atoms with Crippen molar-refractivity contribution >= 4 is 11.8 Å². The monoisotopic (exact) mass is 172 g/mol. The molecule has 1 atom stereocenters. The molecule has 0 aliphatic rings. The van der Waals surface area contributed by atoms with Crippen molar-refractivity contribution in [2.75, 3.05) is 6.26 Å². The molecule has 0 radical (unpaired) electrons. The maximum atomic E-state index is 5.34. The van der Waals surface area contributed by atoms with Gasteiger partial charge in [-0.3, -0.25) is 0 Å². The zero-order chi connectivity index (χ0) is 8.27. The van der Waals surface area contributed by atoms with Gasteiger partial charge in [-0.2, -0.15) is 11.8 Å². The molecular weight excluding hydrogens is 160 g/mol. The zero-order valence-electron chi connectivity index (χ0n) is 7.00. The number of thioether (sulfide) groups is 1. The maximum Gasteiger partial charge on any atom is 0.229 e. The van der Waals surface area contributed by atoms with Crippen molar-refractivity contribution in [3.05, 3.63) is 11.8 Å². The van der Waals surface area contributed by atoms with E-state index in [9.17, 15) is 0 Å². The van der Waals surface area contributed by atoms with E-state index < -0.39 is 0 Å². The molecule has 0 saturated carbocycles. The van der Waals surface area contributed by atoms with E-state index in [0.29, 0.717) is 5.25 Å². The lowest BCUT2D eigenvalue weighted by Gasteiger charge is -1.98. The second kappa shape index (κ2) is 3.76. The van der Waals surface area contributed by atoms with Crippen LogP contribution in [0.2, 0.25) is 0 Å². The summed E-state index contributed by atoms with van der Waals surface area (Å²) in [6.45, 7) is 4.05. The molecule has 1 heterocycles. The average molecular weight is 172 g/mol. The summed E-state index contributed by atoms with van der Waals surface area (Å²) in [5.41, 5.74) is 0. The van der Waals surface area contributed by atoms with E-state index >= 15 is 0 Å². The van der Waals surface area contributed by atoms with Gasteiger partial charge in [-0.05, 0) is 13.2 Å². The fourth-order valence-corrected chi connectivity index (χ4v) is 0.971. The van der Waals surface area contributed by atoms with E-state index in [0.717, 1.165) is 18.2 Å².